The van der Waals surface area contributed by atoms with Crippen LogP contribution in [0.25, 0.3) is 0 Å². The van der Waals surface area contributed by atoms with Crippen LogP contribution in [0.3, 0.4) is 0 Å². The fourth-order valence-electron chi connectivity index (χ4n) is 2.09. The number of amides is 1. The minimum absolute atomic E-state index is 0.410. The number of aryl methyl sites for hydroxylation is 2. The van der Waals surface area contributed by atoms with Crippen molar-refractivity contribution in [3.63, 3.8) is 0 Å². The highest BCUT2D eigenvalue weighted by Gasteiger charge is 2.22. The number of thiophene rings is 1. The van der Waals surface area contributed by atoms with Crippen LogP contribution in [0.5, 0.6) is 5.75 Å². The number of methoxy groups -OCH3 is 1. The predicted molar refractivity (Wildman–Crippen MR) is 90.3 cm³/mol. The number of hydrogen-bond acceptors (Lipinski definition) is 5. The zero-order valence-electron chi connectivity index (χ0n) is 13.5. The van der Waals surface area contributed by atoms with Crippen LogP contribution in [-0.2, 0) is 9.53 Å². The SMILES string of the molecule is COc1ccccc1NC(=O)[C@H](C)OC(=O)c1cc(C)sc1C. The van der Waals surface area contributed by atoms with Crippen LogP contribution in [-0.4, -0.2) is 25.1 Å². The van der Waals surface area contributed by atoms with Crippen molar-refractivity contribution in [1.82, 2.24) is 0 Å². The third-order valence-corrected chi connectivity index (χ3v) is 4.24. The highest BCUT2D eigenvalue weighted by molar-refractivity contribution is 7.12. The zero-order chi connectivity index (χ0) is 17.0. The van der Waals surface area contributed by atoms with Gasteiger partial charge in [0.2, 0.25) is 0 Å². The number of para-hydroxylation sites is 2. The second kappa shape index (κ2) is 7.28. The number of anilines is 1. The Morgan fingerprint density at radius 1 is 1.22 bits per heavy atom. The Labute approximate surface area is 139 Å². The largest absolute Gasteiger partial charge is 0.495 e. The van der Waals surface area contributed by atoms with E-state index >= 15 is 0 Å². The quantitative estimate of drug-likeness (QED) is 0.850. The number of rotatable bonds is 5. The van der Waals surface area contributed by atoms with Crippen LogP contribution in [0.4, 0.5) is 5.69 Å². The van der Waals surface area contributed by atoms with Gasteiger partial charge in [-0.15, -0.1) is 11.3 Å². The molecule has 23 heavy (non-hydrogen) atoms. The molecule has 0 aliphatic rings. The maximum absolute atomic E-state index is 12.2. The summed E-state index contributed by atoms with van der Waals surface area (Å²) in [6, 6.07) is 8.82. The Morgan fingerprint density at radius 3 is 2.52 bits per heavy atom. The molecule has 0 fully saturated rings. The van der Waals surface area contributed by atoms with Crippen LogP contribution in [0.1, 0.15) is 27.0 Å². The molecule has 1 N–H and O–H groups in total. The summed E-state index contributed by atoms with van der Waals surface area (Å²) in [5.74, 6) is -0.356. The molecule has 0 saturated heterocycles. The van der Waals surface area contributed by atoms with Crippen LogP contribution >= 0.6 is 11.3 Å². The molecule has 0 aliphatic carbocycles. The molecule has 122 valence electrons. The molecule has 0 aliphatic heterocycles. The first kappa shape index (κ1) is 17.0. The molecule has 6 heteroatoms. The Bertz CT molecular complexity index is 723. The molecule has 0 unspecified atom stereocenters. The maximum atomic E-state index is 12.2. The van der Waals surface area contributed by atoms with Crippen molar-refractivity contribution in [2.45, 2.75) is 26.9 Å². The lowest BCUT2D eigenvalue weighted by atomic mass is 10.2. The normalized spacial score (nSPS) is 11.7. The first-order chi connectivity index (χ1) is 10.9. The minimum Gasteiger partial charge on any atom is -0.495 e. The van der Waals surface area contributed by atoms with E-state index < -0.39 is 18.0 Å². The second-order valence-electron chi connectivity index (χ2n) is 5.06. The van der Waals surface area contributed by atoms with Crippen molar-refractivity contribution >= 4 is 28.9 Å². The van der Waals surface area contributed by atoms with E-state index in [4.69, 9.17) is 9.47 Å². The monoisotopic (exact) mass is 333 g/mol. The van der Waals surface area contributed by atoms with Crippen molar-refractivity contribution in [3.8, 4) is 5.75 Å². The molecule has 0 saturated carbocycles. The van der Waals surface area contributed by atoms with E-state index in [9.17, 15) is 9.59 Å². The van der Waals surface area contributed by atoms with Gasteiger partial charge >= 0.3 is 5.97 Å². The Kier molecular flexibility index (Phi) is 5.39. The maximum Gasteiger partial charge on any atom is 0.340 e. The van der Waals surface area contributed by atoms with Gasteiger partial charge in [0.25, 0.3) is 5.91 Å². The molecule has 5 nitrogen and oxygen atoms in total. The molecule has 1 aromatic carbocycles. The molecule has 0 bridgehead atoms. The molecule has 1 amide bonds. The molecule has 2 rings (SSSR count). The summed E-state index contributed by atoms with van der Waals surface area (Å²) in [5, 5.41) is 2.70. The van der Waals surface area contributed by atoms with Crippen molar-refractivity contribution in [3.05, 3.63) is 45.6 Å². The highest BCUT2D eigenvalue weighted by Crippen LogP contribution is 2.24. The van der Waals surface area contributed by atoms with E-state index in [1.54, 1.807) is 30.3 Å². The van der Waals surface area contributed by atoms with Crippen LogP contribution in [0.2, 0.25) is 0 Å². The number of hydrogen-bond donors (Lipinski definition) is 1. The second-order valence-corrected chi connectivity index (χ2v) is 6.52. The average Bonchev–Trinajstić information content (AvgIpc) is 2.86. The fraction of sp³-hybridized carbons (Fsp3) is 0.294. The van der Waals surface area contributed by atoms with E-state index in [-0.39, 0.29) is 0 Å². The Balaban J connectivity index is 2.02. The minimum atomic E-state index is -0.910. The van der Waals surface area contributed by atoms with E-state index in [0.29, 0.717) is 17.0 Å². The Hall–Kier alpha value is -2.34. The van der Waals surface area contributed by atoms with Gasteiger partial charge in [0.05, 0.1) is 18.4 Å². The van der Waals surface area contributed by atoms with E-state index in [0.717, 1.165) is 9.75 Å². The van der Waals surface area contributed by atoms with E-state index in [2.05, 4.69) is 5.32 Å². The molecule has 1 heterocycles. The summed E-state index contributed by atoms with van der Waals surface area (Å²) in [4.78, 5) is 26.3. The van der Waals surface area contributed by atoms with Gasteiger partial charge < -0.3 is 14.8 Å². The molecule has 0 spiro atoms. The molecule has 1 aromatic heterocycles. The molecular formula is C17H19NO4S. The molecule has 2 aromatic rings. The van der Waals surface area contributed by atoms with E-state index in [1.807, 2.05) is 13.8 Å². The fourth-order valence-corrected chi connectivity index (χ4v) is 3.01. The van der Waals surface area contributed by atoms with Gasteiger partial charge in [-0.25, -0.2) is 4.79 Å². The Morgan fingerprint density at radius 2 is 1.91 bits per heavy atom. The lowest BCUT2D eigenvalue weighted by Gasteiger charge is -2.15. The summed E-state index contributed by atoms with van der Waals surface area (Å²) < 4.78 is 10.4. The smallest absolute Gasteiger partial charge is 0.340 e. The van der Waals surface area contributed by atoms with Crippen molar-refractivity contribution in [1.29, 1.82) is 0 Å². The number of carbonyl (C=O) groups excluding carboxylic acids is 2. The lowest BCUT2D eigenvalue weighted by molar-refractivity contribution is -0.123. The average molecular weight is 333 g/mol. The summed E-state index contributed by atoms with van der Waals surface area (Å²) >= 11 is 1.52. The highest BCUT2D eigenvalue weighted by atomic mass is 32.1. The number of ether oxygens (including phenoxy) is 2. The summed E-state index contributed by atoms with van der Waals surface area (Å²) in [6.45, 7) is 5.32. The summed E-state index contributed by atoms with van der Waals surface area (Å²) in [7, 11) is 1.52. The number of carbonyl (C=O) groups is 2. The van der Waals surface area contributed by atoms with Crippen LogP contribution in [0.15, 0.2) is 30.3 Å². The third kappa shape index (κ3) is 4.10. The third-order valence-electron chi connectivity index (χ3n) is 3.28. The van der Waals surface area contributed by atoms with Crippen LogP contribution < -0.4 is 10.1 Å². The molecule has 1 atom stereocenters. The van der Waals surface area contributed by atoms with Gasteiger partial charge in [-0.3, -0.25) is 4.79 Å². The lowest BCUT2D eigenvalue weighted by Crippen LogP contribution is -2.30. The zero-order valence-corrected chi connectivity index (χ0v) is 14.3. The van der Waals surface area contributed by atoms with Gasteiger partial charge in [-0.05, 0) is 39.0 Å². The molecular weight excluding hydrogens is 314 g/mol. The standard InChI is InChI=1S/C17H19NO4S/c1-10-9-13(12(3)23-10)17(20)22-11(2)16(19)18-14-7-5-6-8-15(14)21-4/h5-9,11H,1-4H3,(H,18,19)/t11-/m0/s1. The first-order valence-corrected chi connectivity index (χ1v) is 7.96. The van der Waals surface area contributed by atoms with Crippen molar-refractivity contribution in [2.24, 2.45) is 0 Å². The number of esters is 1. The van der Waals surface area contributed by atoms with Crippen molar-refractivity contribution in [2.75, 3.05) is 12.4 Å². The topological polar surface area (TPSA) is 64.6 Å². The van der Waals surface area contributed by atoms with Gasteiger partial charge in [0.1, 0.15) is 5.75 Å². The summed E-state index contributed by atoms with van der Waals surface area (Å²) in [6.07, 6.45) is -0.910. The van der Waals surface area contributed by atoms with Gasteiger partial charge in [-0.2, -0.15) is 0 Å². The molecule has 0 radical (unpaired) electrons. The van der Waals surface area contributed by atoms with E-state index in [1.165, 1.54) is 25.4 Å². The number of benzene rings is 1. The van der Waals surface area contributed by atoms with Gasteiger partial charge in [-0.1, -0.05) is 12.1 Å². The van der Waals surface area contributed by atoms with Crippen LogP contribution in [0, 0.1) is 13.8 Å². The van der Waals surface area contributed by atoms with Crippen molar-refractivity contribution < 1.29 is 19.1 Å². The first-order valence-electron chi connectivity index (χ1n) is 7.14. The van der Waals surface area contributed by atoms with Gasteiger partial charge in [0.15, 0.2) is 6.10 Å². The van der Waals surface area contributed by atoms with Gasteiger partial charge in [0, 0.05) is 9.75 Å². The number of nitrogens with one attached hydrogen (secondary N) is 1. The summed E-state index contributed by atoms with van der Waals surface area (Å²) in [5.41, 5.74) is 1.04. The predicted octanol–water partition coefficient (Wildman–Crippen LogP) is 3.56.